The molecule has 0 bridgehead atoms. The van der Waals surface area contributed by atoms with Crippen molar-refractivity contribution in [3.63, 3.8) is 0 Å². The molecule has 0 aliphatic rings. The summed E-state index contributed by atoms with van der Waals surface area (Å²) in [6.45, 7) is 10.9. The molecule has 0 heterocycles. The summed E-state index contributed by atoms with van der Waals surface area (Å²) in [5.41, 5.74) is 12.1. The van der Waals surface area contributed by atoms with Crippen LogP contribution in [-0.2, 0) is 12.8 Å². The predicted molar refractivity (Wildman–Crippen MR) is 101 cm³/mol. The number of hydrogen-bond donors (Lipinski definition) is 1. The Morgan fingerprint density at radius 1 is 1.21 bits per heavy atom. The second-order valence-corrected chi connectivity index (χ2v) is 6.65. The maximum atomic E-state index is 14.8. The van der Waals surface area contributed by atoms with Crippen molar-refractivity contribution in [2.45, 2.75) is 46.0 Å². The Hall–Kier alpha value is -1.93. The molecular weight excluding hydrogens is 297 g/mol. The summed E-state index contributed by atoms with van der Waals surface area (Å²) in [6.07, 6.45) is 2.43. The van der Waals surface area contributed by atoms with Crippen LogP contribution in [0, 0.1) is 12.7 Å². The number of aryl methyl sites for hydroxylation is 2. The third-order valence-corrected chi connectivity index (χ3v) is 4.58. The SMILES string of the molecule is C=C(C)CC(c1ccc(C)c(CC)c1)c1ccc(CCN)cc1F. The summed E-state index contributed by atoms with van der Waals surface area (Å²) >= 11 is 0. The van der Waals surface area contributed by atoms with Gasteiger partial charge in [-0.2, -0.15) is 0 Å². The molecule has 0 spiro atoms. The van der Waals surface area contributed by atoms with E-state index in [1.807, 2.05) is 19.1 Å². The van der Waals surface area contributed by atoms with Crippen LogP contribution in [0.3, 0.4) is 0 Å². The zero-order valence-electron chi connectivity index (χ0n) is 15.0. The normalized spacial score (nSPS) is 12.2. The van der Waals surface area contributed by atoms with Gasteiger partial charge in [-0.1, -0.05) is 42.8 Å². The van der Waals surface area contributed by atoms with Gasteiger partial charge in [0.15, 0.2) is 0 Å². The lowest BCUT2D eigenvalue weighted by atomic mass is 9.84. The van der Waals surface area contributed by atoms with E-state index in [0.717, 1.165) is 35.1 Å². The van der Waals surface area contributed by atoms with E-state index >= 15 is 0 Å². The van der Waals surface area contributed by atoms with E-state index in [-0.39, 0.29) is 11.7 Å². The average Bonchev–Trinajstić information content (AvgIpc) is 2.54. The molecule has 0 aliphatic heterocycles. The van der Waals surface area contributed by atoms with Crippen LogP contribution in [0.5, 0.6) is 0 Å². The Bertz CT molecular complexity index is 718. The highest BCUT2D eigenvalue weighted by Gasteiger charge is 2.19. The first-order chi connectivity index (χ1) is 11.5. The first kappa shape index (κ1) is 18.4. The van der Waals surface area contributed by atoms with E-state index in [2.05, 4.69) is 38.6 Å². The Balaban J connectivity index is 2.47. The number of hydrogen-bond acceptors (Lipinski definition) is 1. The van der Waals surface area contributed by atoms with Crippen LogP contribution < -0.4 is 5.73 Å². The van der Waals surface area contributed by atoms with Crippen molar-refractivity contribution in [1.29, 1.82) is 0 Å². The summed E-state index contributed by atoms with van der Waals surface area (Å²) in [5.74, 6) is -0.147. The van der Waals surface area contributed by atoms with Crippen LogP contribution in [0.2, 0.25) is 0 Å². The van der Waals surface area contributed by atoms with Crippen LogP contribution in [-0.4, -0.2) is 6.54 Å². The molecule has 0 aliphatic carbocycles. The molecule has 2 N–H and O–H groups in total. The molecule has 2 aromatic carbocycles. The van der Waals surface area contributed by atoms with Gasteiger partial charge in [0.25, 0.3) is 0 Å². The van der Waals surface area contributed by atoms with Crippen LogP contribution in [0.1, 0.15) is 54.0 Å². The summed E-state index contributed by atoms with van der Waals surface area (Å²) in [4.78, 5) is 0. The van der Waals surface area contributed by atoms with E-state index in [0.29, 0.717) is 13.0 Å². The number of allylic oxidation sites excluding steroid dienone is 1. The first-order valence-corrected chi connectivity index (χ1v) is 8.68. The van der Waals surface area contributed by atoms with Gasteiger partial charge in [0.1, 0.15) is 5.82 Å². The first-order valence-electron chi connectivity index (χ1n) is 8.68. The monoisotopic (exact) mass is 325 g/mol. The van der Waals surface area contributed by atoms with Crippen molar-refractivity contribution in [3.8, 4) is 0 Å². The van der Waals surface area contributed by atoms with Gasteiger partial charge in [-0.15, -0.1) is 6.58 Å². The number of benzene rings is 2. The molecule has 128 valence electrons. The van der Waals surface area contributed by atoms with Gasteiger partial charge in [0.2, 0.25) is 0 Å². The Morgan fingerprint density at radius 2 is 1.96 bits per heavy atom. The maximum absolute atomic E-state index is 14.8. The Kier molecular flexibility index (Phi) is 6.33. The fraction of sp³-hybridized carbons (Fsp3) is 0.364. The van der Waals surface area contributed by atoms with Crippen molar-refractivity contribution < 1.29 is 4.39 Å². The van der Waals surface area contributed by atoms with E-state index in [1.54, 1.807) is 6.07 Å². The third kappa shape index (κ3) is 4.33. The molecule has 24 heavy (non-hydrogen) atoms. The smallest absolute Gasteiger partial charge is 0.127 e. The predicted octanol–water partition coefficient (Wildman–Crippen LogP) is 5.30. The molecule has 2 heteroatoms. The minimum Gasteiger partial charge on any atom is -0.330 e. The quantitative estimate of drug-likeness (QED) is 0.687. The van der Waals surface area contributed by atoms with Crippen molar-refractivity contribution in [2.24, 2.45) is 5.73 Å². The Labute approximate surface area is 145 Å². The van der Waals surface area contributed by atoms with E-state index in [9.17, 15) is 4.39 Å². The minimum absolute atomic E-state index is 0.000302. The highest BCUT2D eigenvalue weighted by atomic mass is 19.1. The molecule has 2 rings (SSSR count). The summed E-state index contributed by atoms with van der Waals surface area (Å²) in [6, 6.07) is 12.0. The lowest BCUT2D eigenvalue weighted by molar-refractivity contribution is 0.592. The molecule has 2 aromatic rings. The molecule has 1 nitrogen and oxygen atoms in total. The average molecular weight is 325 g/mol. The van der Waals surface area contributed by atoms with Crippen molar-refractivity contribution >= 4 is 0 Å². The fourth-order valence-corrected chi connectivity index (χ4v) is 3.22. The lowest BCUT2D eigenvalue weighted by Gasteiger charge is -2.21. The minimum atomic E-state index is -0.147. The lowest BCUT2D eigenvalue weighted by Crippen LogP contribution is -2.08. The van der Waals surface area contributed by atoms with Crippen LogP contribution in [0.15, 0.2) is 48.6 Å². The molecule has 0 aromatic heterocycles. The summed E-state index contributed by atoms with van der Waals surface area (Å²) in [5, 5.41) is 0. The van der Waals surface area contributed by atoms with Gasteiger partial charge in [0, 0.05) is 5.92 Å². The van der Waals surface area contributed by atoms with Crippen LogP contribution in [0.25, 0.3) is 0 Å². The molecule has 0 fully saturated rings. The maximum Gasteiger partial charge on any atom is 0.127 e. The highest BCUT2D eigenvalue weighted by Crippen LogP contribution is 2.33. The molecule has 0 amide bonds. The van der Waals surface area contributed by atoms with Crippen molar-refractivity contribution in [2.75, 3.05) is 6.54 Å². The van der Waals surface area contributed by atoms with Gasteiger partial charge in [-0.05, 0) is 73.5 Å². The number of nitrogens with two attached hydrogens (primary N) is 1. The van der Waals surface area contributed by atoms with Gasteiger partial charge in [0.05, 0.1) is 0 Å². The second kappa shape index (κ2) is 8.25. The number of halogens is 1. The van der Waals surface area contributed by atoms with E-state index in [4.69, 9.17) is 5.73 Å². The second-order valence-electron chi connectivity index (χ2n) is 6.65. The van der Waals surface area contributed by atoms with Crippen molar-refractivity contribution in [3.05, 3.63) is 82.2 Å². The zero-order chi connectivity index (χ0) is 17.7. The van der Waals surface area contributed by atoms with Gasteiger partial charge < -0.3 is 5.73 Å². The molecule has 0 saturated heterocycles. The van der Waals surface area contributed by atoms with Crippen LogP contribution >= 0.6 is 0 Å². The van der Waals surface area contributed by atoms with E-state index < -0.39 is 0 Å². The molecule has 0 radical (unpaired) electrons. The highest BCUT2D eigenvalue weighted by molar-refractivity contribution is 5.40. The standard InChI is InChI=1S/C22H28FN/c1-5-18-14-19(8-6-16(18)4)21(12-15(2)3)20-9-7-17(10-11-24)13-22(20)23/h6-9,13-14,21H,2,5,10-12,24H2,1,3-4H3. The van der Waals surface area contributed by atoms with E-state index in [1.165, 1.54) is 11.1 Å². The molecular formula is C22H28FN. The largest absolute Gasteiger partial charge is 0.330 e. The molecule has 1 unspecified atom stereocenters. The fourth-order valence-electron chi connectivity index (χ4n) is 3.22. The third-order valence-electron chi connectivity index (χ3n) is 4.58. The topological polar surface area (TPSA) is 26.0 Å². The van der Waals surface area contributed by atoms with Gasteiger partial charge in [-0.25, -0.2) is 4.39 Å². The van der Waals surface area contributed by atoms with Gasteiger partial charge in [-0.3, -0.25) is 0 Å². The van der Waals surface area contributed by atoms with Crippen molar-refractivity contribution in [1.82, 2.24) is 0 Å². The summed E-state index contributed by atoms with van der Waals surface area (Å²) in [7, 11) is 0. The van der Waals surface area contributed by atoms with Crippen LogP contribution in [0.4, 0.5) is 4.39 Å². The summed E-state index contributed by atoms with van der Waals surface area (Å²) < 4.78 is 14.8. The molecule has 1 atom stereocenters. The Morgan fingerprint density at radius 3 is 2.54 bits per heavy atom. The molecule has 0 saturated carbocycles. The number of rotatable bonds is 7. The van der Waals surface area contributed by atoms with Gasteiger partial charge >= 0.3 is 0 Å². The zero-order valence-corrected chi connectivity index (χ0v) is 15.0.